The van der Waals surface area contributed by atoms with Gasteiger partial charge >= 0.3 is 0 Å². The summed E-state index contributed by atoms with van der Waals surface area (Å²) in [5.74, 6) is -0.917. The molecule has 0 radical (unpaired) electrons. The van der Waals surface area contributed by atoms with Crippen molar-refractivity contribution in [3.05, 3.63) is 63.6 Å². The van der Waals surface area contributed by atoms with Crippen molar-refractivity contribution in [2.24, 2.45) is 0 Å². The van der Waals surface area contributed by atoms with E-state index in [1.807, 2.05) is 24.3 Å². The fourth-order valence-corrected chi connectivity index (χ4v) is 3.69. The van der Waals surface area contributed by atoms with Gasteiger partial charge < -0.3 is 5.32 Å². The van der Waals surface area contributed by atoms with Gasteiger partial charge in [0.1, 0.15) is 0 Å². The summed E-state index contributed by atoms with van der Waals surface area (Å²) in [6, 6.07) is 10.9. The zero-order chi connectivity index (χ0) is 15.4. The van der Waals surface area contributed by atoms with E-state index in [9.17, 15) is 8.78 Å². The van der Waals surface area contributed by atoms with Gasteiger partial charge in [-0.25, -0.2) is 8.78 Å². The third-order valence-electron chi connectivity index (χ3n) is 3.27. The number of nitrogens with one attached hydrogen (secondary N) is 1. The van der Waals surface area contributed by atoms with Crippen molar-refractivity contribution < 1.29 is 8.78 Å². The van der Waals surface area contributed by atoms with Crippen molar-refractivity contribution >= 4 is 27.7 Å². The molecule has 21 heavy (non-hydrogen) atoms. The first-order valence-corrected chi connectivity index (χ1v) is 8.31. The van der Waals surface area contributed by atoms with E-state index >= 15 is 0 Å². The largest absolute Gasteiger partial charge is 0.312 e. The summed E-state index contributed by atoms with van der Waals surface area (Å²) in [4.78, 5) is 1.07. The minimum Gasteiger partial charge on any atom is -0.312 e. The van der Waals surface area contributed by atoms with Crippen LogP contribution in [0.5, 0.6) is 0 Å². The van der Waals surface area contributed by atoms with Gasteiger partial charge in [0, 0.05) is 26.7 Å². The van der Waals surface area contributed by atoms with Crippen molar-refractivity contribution in [1.29, 1.82) is 0 Å². The Hall–Kier alpha value is -0.910. The van der Waals surface area contributed by atoms with Crippen LogP contribution in [0.2, 0.25) is 0 Å². The number of aryl methyl sites for hydroxylation is 1. The Bertz CT molecular complexity index is 634. The molecule has 0 heterocycles. The van der Waals surface area contributed by atoms with Crippen LogP contribution in [0, 0.1) is 18.6 Å². The van der Waals surface area contributed by atoms with Gasteiger partial charge in [0.05, 0.1) is 0 Å². The molecule has 0 aliphatic rings. The van der Waals surface area contributed by atoms with E-state index < -0.39 is 11.6 Å². The summed E-state index contributed by atoms with van der Waals surface area (Å²) < 4.78 is 28.8. The van der Waals surface area contributed by atoms with Crippen LogP contribution in [0.4, 0.5) is 8.78 Å². The maximum atomic E-state index is 14.1. The van der Waals surface area contributed by atoms with E-state index in [-0.39, 0.29) is 6.04 Å². The number of rotatable bonds is 5. The Morgan fingerprint density at radius 1 is 1.14 bits per heavy atom. The van der Waals surface area contributed by atoms with Crippen molar-refractivity contribution in [3.63, 3.8) is 0 Å². The fourth-order valence-electron chi connectivity index (χ4n) is 1.99. The van der Waals surface area contributed by atoms with Gasteiger partial charge in [0.2, 0.25) is 0 Å². The second-order valence-electron chi connectivity index (χ2n) is 4.68. The predicted molar refractivity (Wildman–Crippen MR) is 87.8 cm³/mol. The Morgan fingerprint density at radius 2 is 1.86 bits per heavy atom. The summed E-state index contributed by atoms with van der Waals surface area (Å²) in [6.45, 7) is 1.56. The molecular formula is C16H16BrF2NS. The van der Waals surface area contributed by atoms with E-state index in [0.29, 0.717) is 16.9 Å². The van der Waals surface area contributed by atoms with Gasteiger partial charge in [-0.2, -0.15) is 0 Å². The lowest BCUT2D eigenvalue weighted by Crippen LogP contribution is -2.20. The van der Waals surface area contributed by atoms with Gasteiger partial charge in [-0.1, -0.05) is 24.3 Å². The molecule has 0 fully saturated rings. The maximum Gasteiger partial charge on any atom is 0.163 e. The highest BCUT2D eigenvalue weighted by Crippen LogP contribution is 2.31. The molecule has 1 atom stereocenters. The van der Waals surface area contributed by atoms with Crippen LogP contribution in [0.3, 0.4) is 0 Å². The minimum absolute atomic E-state index is 0.253. The zero-order valence-electron chi connectivity index (χ0n) is 11.8. The first kappa shape index (κ1) is 16.5. The second kappa shape index (κ2) is 7.38. The highest BCUT2D eigenvalue weighted by molar-refractivity contribution is 9.10. The summed E-state index contributed by atoms with van der Waals surface area (Å²) in [5, 5.41) is 3.05. The second-order valence-corrected chi connectivity index (χ2v) is 6.60. The highest BCUT2D eigenvalue weighted by Gasteiger charge is 2.18. The topological polar surface area (TPSA) is 12.0 Å². The SMILES string of the molecule is CNC(CSc1ccccc1Br)c1ccc(C)c(F)c1F. The van der Waals surface area contributed by atoms with Crippen molar-refractivity contribution in [3.8, 4) is 0 Å². The fraction of sp³-hybridized carbons (Fsp3) is 0.250. The smallest absolute Gasteiger partial charge is 0.163 e. The molecule has 1 unspecified atom stereocenters. The zero-order valence-corrected chi connectivity index (χ0v) is 14.2. The average Bonchev–Trinajstić information content (AvgIpc) is 2.49. The summed E-state index contributed by atoms with van der Waals surface area (Å²) >= 11 is 5.08. The Kier molecular flexibility index (Phi) is 5.79. The molecule has 2 rings (SSSR count). The van der Waals surface area contributed by atoms with Crippen LogP contribution in [-0.4, -0.2) is 12.8 Å². The van der Waals surface area contributed by atoms with Crippen LogP contribution in [0.1, 0.15) is 17.2 Å². The molecule has 0 aliphatic carbocycles. The maximum absolute atomic E-state index is 14.1. The lowest BCUT2D eigenvalue weighted by atomic mass is 10.1. The van der Waals surface area contributed by atoms with Crippen molar-refractivity contribution in [2.75, 3.05) is 12.8 Å². The molecule has 5 heteroatoms. The number of halogens is 3. The third kappa shape index (κ3) is 3.84. The molecular weight excluding hydrogens is 356 g/mol. The molecule has 112 valence electrons. The van der Waals surface area contributed by atoms with Gasteiger partial charge in [-0.3, -0.25) is 0 Å². The normalized spacial score (nSPS) is 12.4. The highest BCUT2D eigenvalue weighted by atomic mass is 79.9. The molecule has 2 aromatic rings. The first-order chi connectivity index (χ1) is 10.0. The Morgan fingerprint density at radius 3 is 2.52 bits per heavy atom. The van der Waals surface area contributed by atoms with Crippen molar-refractivity contribution in [1.82, 2.24) is 5.32 Å². The van der Waals surface area contributed by atoms with Gasteiger partial charge in [0.25, 0.3) is 0 Å². The van der Waals surface area contributed by atoms with E-state index in [2.05, 4.69) is 21.2 Å². The minimum atomic E-state index is -0.765. The molecule has 2 aromatic carbocycles. The monoisotopic (exact) mass is 371 g/mol. The van der Waals surface area contributed by atoms with E-state index in [1.54, 1.807) is 37.9 Å². The van der Waals surface area contributed by atoms with Crippen LogP contribution in [-0.2, 0) is 0 Å². The molecule has 0 amide bonds. The molecule has 1 nitrogen and oxygen atoms in total. The van der Waals surface area contributed by atoms with Crippen LogP contribution in [0.15, 0.2) is 45.8 Å². The van der Waals surface area contributed by atoms with E-state index in [4.69, 9.17) is 0 Å². The van der Waals surface area contributed by atoms with Gasteiger partial charge in [0.15, 0.2) is 11.6 Å². The number of benzene rings is 2. The van der Waals surface area contributed by atoms with Crippen LogP contribution < -0.4 is 5.32 Å². The van der Waals surface area contributed by atoms with Crippen LogP contribution >= 0.6 is 27.7 Å². The molecule has 0 saturated carbocycles. The number of thioether (sulfide) groups is 1. The first-order valence-electron chi connectivity index (χ1n) is 6.53. The lowest BCUT2D eigenvalue weighted by Gasteiger charge is -2.18. The number of hydrogen-bond donors (Lipinski definition) is 1. The predicted octanol–water partition coefficient (Wildman–Crippen LogP) is 5.09. The lowest BCUT2D eigenvalue weighted by molar-refractivity contribution is 0.479. The van der Waals surface area contributed by atoms with Gasteiger partial charge in [-0.15, -0.1) is 11.8 Å². The average molecular weight is 372 g/mol. The van der Waals surface area contributed by atoms with Crippen molar-refractivity contribution in [2.45, 2.75) is 17.9 Å². The molecule has 0 aromatic heterocycles. The molecule has 1 N–H and O–H groups in total. The molecule has 0 saturated heterocycles. The van der Waals surface area contributed by atoms with E-state index in [0.717, 1.165) is 9.37 Å². The molecule has 0 bridgehead atoms. The van der Waals surface area contributed by atoms with E-state index in [1.165, 1.54) is 0 Å². The molecule has 0 aliphatic heterocycles. The Labute approximate surface area is 136 Å². The summed E-state index contributed by atoms with van der Waals surface area (Å²) in [7, 11) is 1.75. The van der Waals surface area contributed by atoms with Gasteiger partial charge in [-0.05, 0) is 47.6 Å². The van der Waals surface area contributed by atoms with Crippen LogP contribution in [0.25, 0.3) is 0 Å². The number of hydrogen-bond acceptors (Lipinski definition) is 2. The standard InChI is InChI=1S/C16H16BrF2NS/c1-10-7-8-11(16(19)15(10)18)13(20-2)9-21-14-6-4-3-5-12(14)17/h3-8,13,20H,9H2,1-2H3. The quantitative estimate of drug-likeness (QED) is 0.734. The summed E-state index contributed by atoms with van der Waals surface area (Å²) in [6.07, 6.45) is 0. The Balaban J connectivity index is 2.18. The summed E-state index contributed by atoms with van der Waals surface area (Å²) in [5.41, 5.74) is 0.685. The third-order valence-corrected chi connectivity index (χ3v) is 5.39. The molecule has 0 spiro atoms.